The number of nitrogens with two attached hydrogens (primary N) is 1. The lowest BCUT2D eigenvalue weighted by molar-refractivity contribution is 0.102. The number of nitrogen functional groups attached to an aromatic ring is 1. The van der Waals surface area contributed by atoms with Gasteiger partial charge in [0.25, 0.3) is 5.91 Å². The van der Waals surface area contributed by atoms with E-state index in [0.29, 0.717) is 29.4 Å². The molecule has 1 amide bonds. The van der Waals surface area contributed by atoms with E-state index < -0.39 is 0 Å². The summed E-state index contributed by atoms with van der Waals surface area (Å²) >= 11 is 0. The fraction of sp³-hybridized carbons (Fsp3) is 0.250. The second-order valence-corrected chi connectivity index (χ2v) is 8.55. The molecule has 1 aliphatic carbocycles. The van der Waals surface area contributed by atoms with E-state index >= 15 is 0 Å². The van der Waals surface area contributed by atoms with Crippen LogP contribution in [0.4, 0.5) is 11.5 Å². The van der Waals surface area contributed by atoms with E-state index in [2.05, 4.69) is 20.6 Å². The number of carbonyl (C=O) groups is 1. The van der Waals surface area contributed by atoms with Crippen LogP contribution in [0.3, 0.4) is 0 Å². The minimum Gasteiger partial charge on any atom is -0.383 e. The number of hydrogen-bond acceptors (Lipinski definition) is 6. The Hall–Kier alpha value is -3.78. The predicted molar refractivity (Wildman–Crippen MR) is 123 cm³/mol. The highest BCUT2D eigenvalue weighted by molar-refractivity contribution is 6.05. The third kappa shape index (κ3) is 3.11. The van der Waals surface area contributed by atoms with E-state index in [-0.39, 0.29) is 5.91 Å². The number of carbonyl (C=O) groups excluding carboxylic acids is 1. The number of anilines is 2. The van der Waals surface area contributed by atoms with Crippen molar-refractivity contribution in [3.05, 3.63) is 66.5 Å². The molecule has 32 heavy (non-hydrogen) atoms. The summed E-state index contributed by atoms with van der Waals surface area (Å²) in [5.74, 6) is 0.815. The maximum absolute atomic E-state index is 12.6. The number of fused-ring (bicyclic) bond motifs is 3. The second-order valence-electron chi connectivity index (χ2n) is 8.55. The molecule has 1 saturated heterocycles. The van der Waals surface area contributed by atoms with Crippen LogP contribution in [0.15, 0.2) is 60.9 Å². The standard InChI is InChI=1S/C24H23N7O/c25-22-20-21(14-6-8-15(9-7-14)24(32)29-17-4-2-1-3-5-17)30-31(23(20)28-13-27-22)19-11-18-10-16(19)12-26-18/h1-9,13,16,18-19,26H,10-12H2,(H,29,32)(H2,25,27,28). The van der Waals surface area contributed by atoms with Gasteiger partial charge in [-0.05, 0) is 43.0 Å². The third-order valence-electron chi connectivity index (χ3n) is 6.61. The molecule has 2 aromatic heterocycles. The van der Waals surface area contributed by atoms with Crippen molar-refractivity contribution in [1.29, 1.82) is 0 Å². The molecular formula is C24H23N7O. The zero-order chi connectivity index (χ0) is 21.7. The first kappa shape index (κ1) is 18.9. The highest BCUT2D eigenvalue weighted by Crippen LogP contribution is 2.42. The maximum Gasteiger partial charge on any atom is 0.255 e. The van der Waals surface area contributed by atoms with Crippen molar-refractivity contribution in [2.75, 3.05) is 17.6 Å². The average molecular weight is 425 g/mol. The van der Waals surface area contributed by atoms with Gasteiger partial charge in [0.2, 0.25) is 0 Å². The molecule has 3 atom stereocenters. The Morgan fingerprint density at radius 1 is 1.06 bits per heavy atom. The Kier molecular flexibility index (Phi) is 4.39. The molecule has 8 nitrogen and oxygen atoms in total. The van der Waals surface area contributed by atoms with Gasteiger partial charge in [-0.3, -0.25) is 4.79 Å². The molecule has 8 heteroatoms. The molecular weight excluding hydrogens is 402 g/mol. The Labute approximate surface area is 184 Å². The normalized spacial score (nSPS) is 21.8. The summed E-state index contributed by atoms with van der Waals surface area (Å²) in [6.45, 7) is 1.01. The van der Waals surface area contributed by atoms with E-state index in [0.717, 1.165) is 40.9 Å². The van der Waals surface area contributed by atoms with Gasteiger partial charge < -0.3 is 16.4 Å². The first-order chi connectivity index (χ1) is 15.7. The van der Waals surface area contributed by atoms with Crippen molar-refractivity contribution in [2.45, 2.75) is 24.9 Å². The first-order valence-electron chi connectivity index (χ1n) is 10.9. The lowest BCUT2D eigenvalue weighted by Gasteiger charge is -2.23. The Bertz CT molecular complexity index is 1300. The van der Waals surface area contributed by atoms with Gasteiger partial charge in [-0.15, -0.1) is 0 Å². The van der Waals surface area contributed by atoms with Gasteiger partial charge >= 0.3 is 0 Å². The van der Waals surface area contributed by atoms with Gasteiger partial charge in [0.15, 0.2) is 5.65 Å². The number of para-hydroxylation sites is 1. The van der Waals surface area contributed by atoms with Gasteiger partial charge in [-0.2, -0.15) is 5.10 Å². The van der Waals surface area contributed by atoms with Crippen molar-refractivity contribution < 1.29 is 4.79 Å². The second kappa shape index (κ2) is 7.42. The van der Waals surface area contributed by atoms with Crippen molar-refractivity contribution >= 4 is 28.4 Å². The molecule has 0 radical (unpaired) electrons. The number of nitrogens with one attached hydrogen (secondary N) is 2. The number of benzene rings is 2. The smallest absolute Gasteiger partial charge is 0.255 e. The van der Waals surface area contributed by atoms with Gasteiger partial charge in [0.1, 0.15) is 17.8 Å². The van der Waals surface area contributed by atoms with Crippen LogP contribution < -0.4 is 16.4 Å². The number of amides is 1. The van der Waals surface area contributed by atoms with Crippen LogP contribution in [0, 0.1) is 5.92 Å². The quantitative estimate of drug-likeness (QED) is 0.463. The molecule has 2 aromatic carbocycles. The number of rotatable bonds is 4. The number of piperidine rings is 1. The number of aromatic nitrogens is 4. The van der Waals surface area contributed by atoms with Gasteiger partial charge in [-0.25, -0.2) is 14.6 Å². The van der Waals surface area contributed by atoms with Crippen molar-refractivity contribution in [1.82, 2.24) is 25.1 Å². The predicted octanol–water partition coefficient (Wildman–Crippen LogP) is 3.25. The zero-order valence-corrected chi connectivity index (χ0v) is 17.4. The highest BCUT2D eigenvalue weighted by Gasteiger charge is 2.42. The summed E-state index contributed by atoms with van der Waals surface area (Å²) in [5.41, 5.74) is 10.0. The summed E-state index contributed by atoms with van der Waals surface area (Å²) in [6.07, 6.45) is 3.72. The zero-order valence-electron chi connectivity index (χ0n) is 17.4. The van der Waals surface area contributed by atoms with Crippen LogP contribution in [-0.2, 0) is 0 Å². The van der Waals surface area contributed by atoms with Crippen molar-refractivity contribution in [3.63, 3.8) is 0 Å². The summed E-state index contributed by atoms with van der Waals surface area (Å²) in [4.78, 5) is 21.3. The SMILES string of the molecule is Nc1ncnc2c1c(-c1ccc(C(=O)Nc3ccccc3)cc1)nn2C1CC2CC1CN2. The Balaban J connectivity index is 1.35. The molecule has 3 heterocycles. The minimum atomic E-state index is -0.157. The molecule has 4 aromatic rings. The molecule has 1 saturated carbocycles. The van der Waals surface area contributed by atoms with E-state index in [9.17, 15) is 4.79 Å². The summed E-state index contributed by atoms with van der Waals surface area (Å²) in [6, 6.07) is 17.7. The van der Waals surface area contributed by atoms with Crippen LogP contribution in [0.5, 0.6) is 0 Å². The Morgan fingerprint density at radius 3 is 2.59 bits per heavy atom. The molecule has 1 aliphatic heterocycles. The molecule has 3 unspecified atom stereocenters. The largest absolute Gasteiger partial charge is 0.383 e. The average Bonchev–Trinajstić information content (AvgIpc) is 3.55. The molecule has 2 bridgehead atoms. The molecule has 6 rings (SSSR count). The minimum absolute atomic E-state index is 0.157. The molecule has 4 N–H and O–H groups in total. The van der Waals surface area contributed by atoms with Crippen molar-refractivity contribution in [3.8, 4) is 11.3 Å². The number of hydrogen-bond donors (Lipinski definition) is 3. The molecule has 0 spiro atoms. The monoisotopic (exact) mass is 425 g/mol. The van der Waals surface area contributed by atoms with Gasteiger partial charge in [0, 0.05) is 29.4 Å². The van der Waals surface area contributed by atoms with E-state index in [1.165, 1.54) is 12.7 Å². The topological polar surface area (TPSA) is 111 Å². The van der Waals surface area contributed by atoms with Crippen LogP contribution in [0.25, 0.3) is 22.3 Å². The van der Waals surface area contributed by atoms with E-state index in [1.807, 2.05) is 47.1 Å². The molecule has 2 fully saturated rings. The van der Waals surface area contributed by atoms with Crippen LogP contribution in [0.1, 0.15) is 29.2 Å². The summed E-state index contributed by atoms with van der Waals surface area (Å²) in [7, 11) is 0. The van der Waals surface area contributed by atoms with E-state index in [1.54, 1.807) is 12.1 Å². The van der Waals surface area contributed by atoms with Gasteiger partial charge in [-0.1, -0.05) is 30.3 Å². The first-order valence-corrected chi connectivity index (χ1v) is 10.9. The fourth-order valence-electron chi connectivity index (χ4n) is 5.04. The molecule has 2 aliphatic rings. The third-order valence-corrected chi connectivity index (χ3v) is 6.61. The van der Waals surface area contributed by atoms with Crippen LogP contribution in [-0.4, -0.2) is 38.2 Å². The lowest BCUT2D eigenvalue weighted by atomic mass is 10.0. The summed E-state index contributed by atoms with van der Waals surface area (Å²) < 4.78 is 2.05. The maximum atomic E-state index is 12.6. The number of nitrogens with zero attached hydrogens (tertiary/aromatic N) is 4. The summed E-state index contributed by atoms with van der Waals surface area (Å²) in [5, 5.41) is 12.2. The highest BCUT2D eigenvalue weighted by atomic mass is 16.1. The van der Waals surface area contributed by atoms with Gasteiger partial charge in [0.05, 0.1) is 11.4 Å². The lowest BCUT2D eigenvalue weighted by Crippen LogP contribution is -2.31. The van der Waals surface area contributed by atoms with Crippen LogP contribution >= 0.6 is 0 Å². The fourth-order valence-corrected chi connectivity index (χ4v) is 5.04. The van der Waals surface area contributed by atoms with E-state index in [4.69, 9.17) is 10.8 Å². The Morgan fingerprint density at radius 2 is 1.88 bits per heavy atom. The molecule has 160 valence electrons. The van der Waals surface area contributed by atoms with Crippen LogP contribution in [0.2, 0.25) is 0 Å². The van der Waals surface area contributed by atoms with Crippen molar-refractivity contribution in [2.24, 2.45) is 5.92 Å².